The molecule has 3 N–H and O–H groups in total. The first-order valence-electron chi connectivity index (χ1n) is 6.03. The van der Waals surface area contributed by atoms with E-state index in [9.17, 15) is 9.59 Å². The second-order valence-electron chi connectivity index (χ2n) is 4.73. The molecule has 1 aromatic rings. The van der Waals surface area contributed by atoms with E-state index in [4.69, 9.17) is 5.11 Å². The number of amides is 1. The van der Waals surface area contributed by atoms with Crippen molar-refractivity contribution in [2.45, 2.75) is 6.92 Å². The second-order valence-corrected chi connectivity index (χ2v) is 5.59. The average Bonchev–Trinajstić information content (AvgIpc) is 2.78. The Morgan fingerprint density at radius 2 is 2.16 bits per heavy atom. The van der Waals surface area contributed by atoms with E-state index in [2.05, 4.69) is 26.6 Å². The number of carboxylic acid groups (broad SMARTS) is 1. The van der Waals surface area contributed by atoms with Gasteiger partial charge in [0.25, 0.3) is 0 Å². The first kappa shape index (κ1) is 14.0. The average molecular weight is 327 g/mol. The number of anilines is 1. The third-order valence-corrected chi connectivity index (χ3v) is 4.02. The molecule has 0 spiro atoms. The zero-order chi connectivity index (χ0) is 14.0. The van der Waals surface area contributed by atoms with Crippen molar-refractivity contribution < 1.29 is 14.7 Å². The quantitative estimate of drug-likeness (QED) is 0.793. The zero-order valence-electron chi connectivity index (χ0n) is 10.4. The molecule has 0 aliphatic carbocycles. The van der Waals surface area contributed by atoms with Crippen molar-refractivity contribution >= 4 is 33.5 Å². The van der Waals surface area contributed by atoms with Crippen molar-refractivity contribution in [3.05, 3.63) is 28.2 Å². The molecule has 0 unspecified atom stereocenters. The molecule has 1 aromatic carbocycles. The minimum absolute atomic E-state index is 0.0826. The predicted molar refractivity (Wildman–Crippen MR) is 75.3 cm³/mol. The first-order valence-corrected chi connectivity index (χ1v) is 6.82. The summed E-state index contributed by atoms with van der Waals surface area (Å²) in [5.74, 6) is -0.901. The largest absolute Gasteiger partial charge is 0.478 e. The summed E-state index contributed by atoms with van der Waals surface area (Å²) in [5.41, 5.74) is 0.639. The van der Waals surface area contributed by atoms with Crippen LogP contribution >= 0.6 is 15.9 Å². The number of hydrogen-bond donors (Lipinski definition) is 3. The van der Waals surface area contributed by atoms with Crippen LogP contribution in [0.15, 0.2) is 22.7 Å². The lowest BCUT2D eigenvalue weighted by atomic mass is 9.97. The number of rotatable bonds is 3. The van der Waals surface area contributed by atoms with E-state index in [-0.39, 0.29) is 23.3 Å². The molecule has 0 saturated carbocycles. The van der Waals surface area contributed by atoms with E-state index in [0.29, 0.717) is 16.7 Å². The normalized spacial score (nSPS) is 22.2. The van der Waals surface area contributed by atoms with Gasteiger partial charge in [-0.2, -0.15) is 0 Å². The molecule has 1 aliphatic rings. The Morgan fingerprint density at radius 3 is 2.74 bits per heavy atom. The van der Waals surface area contributed by atoms with E-state index in [1.165, 1.54) is 12.1 Å². The molecule has 1 saturated heterocycles. The molecule has 0 aromatic heterocycles. The van der Waals surface area contributed by atoms with E-state index >= 15 is 0 Å². The highest BCUT2D eigenvalue weighted by Crippen LogP contribution is 2.25. The zero-order valence-corrected chi connectivity index (χ0v) is 12.0. The summed E-state index contributed by atoms with van der Waals surface area (Å²) in [6.07, 6.45) is 0. The van der Waals surface area contributed by atoms with Gasteiger partial charge in [0.15, 0.2) is 0 Å². The van der Waals surface area contributed by atoms with Gasteiger partial charge in [-0.15, -0.1) is 0 Å². The highest BCUT2D eigenvalue weighted by molar-refractivity contribution is 9.10. The summed E-state index contributed by atoms with van der Waals surface area (Å²) in [6.45, 7) is 3.50. The number of hydrogen-bond acceptors (Lipinski definition) is 3. The summed E-state index contributed by atoms with van der Waals surface area (Å²) in [7, 11) is 0. The van der Waals surface area contributed by atoms with Gasteiger partial charge in [0.2, 0.25) is 5.91 Å². The van der Waals surface area contributed by atoms with Crippen LogP contribution in [0, 0.1) is 11.8 Å². The fraction of sp³-hybridized carbons (Fsp3) is 0.385. The second kappa shape index (κ2) is 5.71. The standard InChI is InChI=1S/C13H15BrN2O3/c1-7-5-15-6-9(7)12(17)16-11-4-8(13(18)19)2-3-10(11)14/h2-4,7,9,15H,5-6H2,1H3,(H,16,17)(H,18,19)/t7-,9-/m1/s1. The van der Waals surface area contributed by atoms with E-state index in [1.807, 2.05) is 6.92 Å². The SMILES string of the molecule is C[C@@H]1CNC[C@H]1C(=O)Nc1cc(C(=O)O)ccc1Br. The van der Waals surface area contributed by atoms with Gasteiger partial charge in [0.05, 0.1) is 17.2 Å². The van der Waals surface area contributed by atoms with Crippen LogP contribution in [0.4, 0.5) is 5.69 Å². The van der Waals surface area contributed by atoms with Crippen LogP contribution in [0.1, 0.15) is 17.3 Å². The monoisotopic (exact) mass is 326 g/mol. The molecular weight excluding hydrogens is 312 g/mol. The smallest absolute Gasteiger partial charge is 0.335 e. The third kappa shape index (κ3) is 3.13. The Morgan fingerprint density at radius 1 is 1.42 bits per heavy atom. The van der Waals surface area contributed by atoms with Gasteiger partial charge in [-0.05, 0) is 46.6 Å². The Kier molecular flexibility index (Phi) is 4.21. The molecule has 102 valence electrons. The van der Waals surface area contributed by atoms with Gasteiger partial charge in [-0.1, -0.05) is 6.92 Å². The van der Waals surface area contributed by atoms with E-state index in [1.54, 1.807) is 6.07 Å². The Labute approximate surface area is 119 Å². The number of carbonyl (C=O) groups excluding carboxylic acids is 1. The van der Waals surface area contributed by atoms with Crippen LogP contribution < -0.4 is 10.6 Å². The minimum Gasteiger partial charge on any atom is -0.478 e. The molecular formula is C13H15BrN2O3. The lowest BCUT2D eigenvalue weighted by Crippen LogP contribution is -2.28. The Balaban J connectivity index is 2.16. The summed E-state index contributed by atoms with van der Waals surface area (Å²) in [5, 5.41) is 14.9. The molecule has 2 atom stereocenters. The molecule has 0 radical (unpaired) electrons. The minimum atomic E-state index is -1.01. The van der Waals surface area contributed by atoms with Crippen molar-refractivity contribution in [1.82, 2.24) is 5.32 Å². The topological polar surface area (TPSA) is 78.4 Å². The van der Waals surface area contributed by atoms with Crippen molar-refractivity contribution in [1.29, 1.82) is 0 Å². The van der Waals surface area contributed by atoms with Gasteiger partial charge in [0.1, 0.15) is 0 Å². The maximum Gasteiger partial charge on any atom is 0.335 e. The Hall–Kier alpha value is -1.40. The lowest BCUT2D eigenvalue weighted by molar-refractivity contribution is -0.120. The van der Waals surface area contributed by atoms with Crippen LogP contribution in [-0.4, -0.2) is 30.1 Å². The molecule has 1 heterocycles. The van der Waals surface area contributed by atoms with Crippen LogP contribution in [0.3, 0.4) is 0 Å². The van der Waals surface area contributed by atoms with E-state index in [0.717, 1.165) is 6.54 Å². The van der Waals surface area contributed by atoms with E-state index < -0.39 is 5.97 Å². The van der Waals surface area contributed by atoms with Crippen molar-refractivity contribution in [3.63, 3.8) is 0 Å². The number of carbonyl (C=O) groups is 2. The van der Waals surface area contributed by atoms with Gasteiger partial charge in [-0.3, -0.25) is 4.79 Å². The third-order valence-electron chi connectivity index (χ3n) is 3.33. The van der Waals surface area contributed by atoms with Gasteiger partial charge < -0.3 is 15.7 Å². The summed E-state index contributed by atoms with van der Waals surface area (Å²) >= 11 is 3.31. The van der Waals surface area contributed by atoms with Gasteiger partial charge in [0, 0.05) is 11.0 Å². The highest BCUT2D eigenvalue weighted by atomic mass is 79.9. The molecule has 1 aliphatic heterocycles. The summed E-state index contributed by atoms with van der Waals surface area (Å²) < 4.78 is 0.671. The van der Waals surface area contributed by atoms with Crippen molar-refractivity contribution in [3.8, 4) is 0 Å². The molecule has 1 fully saturated rings. The fourth-order valence-corrected chi connectivity index (χ4v) is 2.49. The molecule has 1 amide bonds. The van der Waals surface area contributed by atoms with Crippen molar-refractivity contribution in [2.75, 3.05) is 18.4 Å². The molecule has 2 rings (SSSR count). The number of benzene rings is 1. The van der Waals surface area contributed by atoms with Gasteiger partial charge in [-0.25, -0.2) is 4.79 Å². The first-order chi connectivity index (χ1) is 8.99. The van der Waals surface area contributed by atoms with Crippen LogP contribution in [0.25, 0.3) is 0 Å². The molecule has 6 heteroatoms. The summed E-state index contributed by atoms with van der Waals surface area (Å²) in [6, 6.07) is 4.56. The maximum absolute atomic E-state index is 12.1. The highest BCUT2D eigenvalue weighted by Gasteiger charge is 2.29. The molecule has 5 nitrogen and oxygen atoms in total. The number of carboxylic acids is 1. The van der Waals surface area contributed by atoms with Gasteiger partial charge >= 0.3 is 5.97 Å². The number of nitrogens with one attached hydrogen (secondary N) is 2. The summed E-state index contributed by atoms with van der Waals surface area (Å²) in [4.78, 5) is 23.1. The predicted octanol–water partition coefficient (Wildman–Crippen LogP) is 1.94. The number of halogens is 1. The lowest BCUT2D eigenvalue weighted by Gasteiger charge is -2.15. The van der Waals surface area contributed by atoms with Crippen LogP contribution in [-0.2, 0) is 4.79 Å². The maximum atomic E-state index is 12.1. The van der Waals surface area contributed by atoms with Crippen LogP contribution in [0.5, 0.6) is 0 Å². The number of aromatic carboxylic acids is 1. The molecule has 0 bridgehead atoms. The van der Waals surface area contributed by atoms with Crippen molar-refractivity contribution in [2.24, 2.45) is 11.8 Å². The van der Waals surface area contributed by atoms with Crippen LogP contribution in [0.2, 0.25) is 0 Å². The fourth-order valence-electron chi connectivity index (χ4n) is 2.14. The molecule has 19 heavy (non-hydrogen) atoms. The Bertz CT molecular complexity index is 519.